The summed E-state index contributed by atoms with van der Waals surface area (Å²) < 4.78 is 10.8. The Labute approximate surface area is 115 Å². The highest BCUT2D eigenvalue weighted by atomic mass is 16.5. The molecule has 106 valence electrons. The van der Waals surface area contributed by atoms with Gasteiger partial charge in [-0.1, -0.05) is 37.3 Å². The second kappa shape index (κ2) is 9.53. The van der Waals surface area contributed by atoms with Gasteiger partial charge in [0.2, 0.25) is 5.91 Å². The van der Waals surface area contributed by atoms with E-state index in [0.29, 0.717) is 19.8 Å². The van der Waals surface area contributed by atoms with Crippen LogP contribution >= 0.6 is 0 Å². The summed E-state index contributed by atoms with van der Waals surface area (Å²) in [4.78, 5) is 11.6. The van der Waals surface area contributed by atoms with Crippen LogP contribution < -0.4 is 5.32 Å². The average Bonchev–Trinajstić information content (AvgIpc) is 2.44. The zero-order valence-corrected chi connectivity index (χ0v) is 11.7. The molecule has 1 N–H and O–H groups in total. The number of nitrogens with one attached hydrogen (secondary N) is 1. The summed E-state index contributed by atoms with van der Waals surface area (Å²) in [6.07, 6.45) is 0.974. The van der Waals surface area contributed by atoms with Crippen LogP contribution in [0.5, 0.6) is 0 Å². The maximum atomic E-state index is 11.6. The van der Waals surface area contributed by atoms with Gasteiger partial charge in [-0.2, -0.15) is 0 Å². The van der Waals surface area contributed by atoms with Crippen molar-refractivity contribution in [1.29, 1.82) is 0 Å². The van der Waals surface area contributed by atoms with Crippen molar-refractivity contribution in [1.82, 2.24) is 5.32 Å². The van der Waals surface area contributed by atoms with Gasteiger partial charge < -0.3 is 14.8 Å². The Bertz CT molecular complexity index is 354. The maximum absolute atomic E-state index is 11.6. The summed E-state index contributed by atoms with van der Waals surface area (Å²) in [5.74, 6) is -0.103. The van der Waals surface area contributed by atoms with E-state index in [0.717, 1.165) is 12.0 Å². The van der Waals surface area contributed by atoms with E-state index < -0.39 is 0 Å². The third kappa shape index (κ3) is 6.94. The van der Waals surface area contributed by atoms with Crippen LogP contribution in [0.2, 0.25) is 0 Å². The van der Waals surface area contributed by atoms with E-state index in [-0.39, 0.29) is 18.6 Å². The third-order valence-electron chi connectivity index (χ3n) is 2.73. The number of benzene rings is 1. The fraction of sp³-hybridized carbons (Fsp3) is 0.533. The van der Waals surface area contributed by atoms with Gasteiger partial charge in [-0.3, -0.25) is 4.79 Å². The van der Waals surface area contributed by atoms with Gasteiger partial charge in [-0.15, -0.1) is 0 Å². The van der Waals surface area contributed by atoms with E-state index in [1.807, 2.05) is 44.2 Å². The topological polar surface area (TPSA) is 47.6 Å². The molecule has 1 rings (SSSR count). The highest BCUT2D eigenvalue weighted by molar-refractivity contribution is 5.77. The van der Waals surface area contributed by atoms with E-state index >= 15 is 0 Å². The van der Waals surface area contributed by atoms with Crippen LogP contribution in [-0.2, 0) is 20.9 Å². The Balaban J connectivity index is 2.14. The third-order valence-corrected chi connectivity index (χ3v) is 2.73. The fourth-order valence-corrected chi connectivity index (χ4v) is 1.67. The number of hydrogen-bond acceptors (Lipinski definition) is 3. The molecule has 1 amide bonds. The Morgan fingerprint density at radius 2 is 2.00 bits per heavy atom. The van der Waals surface area contributed by atoms with Gasteiger partial charge in [-0.25, -0.2) is 0 Å². The van der Waals surface area contributed by atoms with E-state index in [1.54, 1.807) is 0 Å². The molecule has 1 aromatic carbocycles. The Morgan fingerprint density at radius 3 is 2.63 bits per heavy atom. The van der Waals surface area contributed by atoms with Gasteiger partial charge in [0.1, 0.15) is 6.61 Å². The van der Waals surface area contributed by atoms with E-state index in [4.69, 9.17) is 9.47 Å². The van der Waals surface area contributed by atoms with Gasteiger partial charge in [0.25, 0.3) is 0 Å². The van der Waals surface area contributed by atoms with Crippen LogP contribution in [0, 0.1) is 0 Å². The predicted octanol–water partition coefficient (Wildman–Crippen LogP) is 2.13. The van der Waals surface area contributed by atoms with Gasteiger partial charge in [0.15, 0.2) is 0 Å². The minimum atomic E-state index is -0.103. The number of amides is 1. The SMILES string of the molecule is CCOC(CC)CNC(=O)COCc1ccccc1. The number of carbonyl (C=O) groups is 1. The van der Waals surface area contributed by atoms with Gasteiger partial charge >= 0.3 is 0 Å². The molecule has 0 spiro atoms. The van der Waals surface area contributed by atoms with Crippen molar-refractivity contribution in [2.24, 2.45) is 0 Å². The number of rotatable bonds is 9. The van der Waals surface area contributed by atoms with E-state index in [2.05, 4.69) is 5.32 Å². The average molecular weight is 265 g/mol. The second-order valence-electron chi connectivity index (χ2n) is 4.27. The molecule has 4 heteroatoms. The van der Waals surface area contributed by atoms with Crippen molar-refractivity contribution < 1.29 is 14.3 Å². The summed E-state index contributed by atoms with van der Waals surface area (Å²) in [7, 11) is 0. The molecule has 1 aromatic rings. The molecular formula is C15H23NO3. The molecule has 0 saturated heterocycles. The molecule has 0 aliphatic rings. The normalized spacial score (nSPS) is 12.1. The molecule has 4 nitrogen and oxygen atoms in total. The zero-order valence-electron chi connectivity index (χ0n) is 11.7. The van der Waals surface area contributed by atoms with Crippen molar-refractivity contribution in [3.63, 3.8) is 0 Å². The first-order valence-corrected chi connectivity index (χ1v) is 6.76. The van der Waals surface area contributed by atoms with Crippen LogP contribution in [-0.4, -0.2) is 31.8 Å². The highest BCUT2D eigenvalue weighted by Crippen LogP contribution is 2.00. The lowest BCUT2D eigenvalue weighted by atomic mass is 10.2. The molecule has 0 fully saturated rings. The monoisotopic (exact) mass is 265 g/mol. The summed E-state index contributed by atoms with van der Waals surface area (Å²) >= 11 is 0. The molecule has 1 unspecified atom stereocenters. The molecule has 1 atom stereocenters. The molecule has 0 aliphatic heterocycles. The van der Waals surface area contributed by atoms with Crippen LogP contribution in [0.15, 0.2) is 30.3 Å². The molecule has 19 heavy (non-hydrogen) atoms. The van der Waals surface area contributed by atoms with Crippen LogP contribution in [0.3, 0.4) is 0 Å². The number of hydrogen-bond donors (Lipinski definition) is 1. The maximum Gasteiger partial charge on any atom is 0.246 e. The summed E-state index contributed by atoms with van der Waals surface area (Å²) in [6, 6.07) is 9.80. The van der Waals surface area contributed by atoms with Crippen LogP contribution in [0.1, 0.15) is 25.8 Å². The van der Waals surface area contributed by atoms with Crippen molar-refractivity contribution in [2.45, 2.75) is 33.0 Å². The van der Waals surface area contributed by atoms with Gasteiger partial charge in [-0.05, 0) is 18.9 Å². The molecule has 0 aliphatic carbocycles. The molecule has 0 saturated carbocycles. The lowest BCUT2D eigenvalue weighted by Crippen LogP contribution is -2.35. The van der Waals surface area contributed by atoms with Crippen LogP contribution in [0.25, 0.3) is 0 Å². The van der Waals surface area contributed by atoms with Gasteiger partial charge in [0.05, 0.1) is 12.7 Å². The lowest BCUT2D eigenvalue weighted by molar-refractivity contribution is -0.126. The first kappa shape index (κ1) is 15.7. The van der Waals surface area contributed by atoms with Crippen LogP contribution in [0.4, 0.5) is 0 Å². The fourth-order valence-electron chi connectivity index (χ4n) is 1.67. The molecule has 0 bridgehead atoms. The van der Waals surface area contributed by atoms with Crippen molar-refractivity contribution in [3.8, 4) is 0 Å². The minimum absolute atomic E-state index is 0.0808. The largest absolute Gasteiger partial charge is 0.377 e. The lowest BCUT2D eigenvalue weighted by Gasteiger charge is -2.15. The van der Waals surface area contributed by atoms with Gasteiger partial charge in [0, 0.05) is 13.2 Å². The molecular weight excluding hydrogens is 242 g/mol. The first-order chi connectivity index (χ1) is 9.26. The van der Waals surface area contributed by atoms with Crippen molar-refractivity contribution in [3.05, 3.63) is 35.9 Å². The van der Waals surface area contributed by atoms with Crippen molar-refractivity contribution in [2.75, 3.05) is 19.8 Å². The predicted molar refractivity (Wildman–Crippen MR) is 74.8 cm³/mol. The second-order valence-corrected chi connectivity index (χ2v) is 4.27. The zero-order chi connectivity index (χ0) is 13.9. The Hall–Kier alpha value is -1.39. The minimum Gasteiger partial charge on any atom is -0.377 e. The Morgan fingerprint density at radius 1 is 1.26 bits per heavy atom. The summed E-state index contributed by atoms with van der Waals surface area (Å²) in [6.45, 7) is 5.73. The summed E-state index contributed by atoms with van der Waals surface area (Å²) in [5, 5.41) is 2.82. The molecule has 0 radical (unpaired) electrons. The summed E-state index contributed by atoms with van der Waals surface area (Å²) in [5.41, 5.74) is 1.07. The molecule has 0 aromatic heterocycles. The first-order valence-electron chi connectivity index (χ1n) is 6.76. The number of ether oxygens (including phenoxy) is 2. The number of carbonyl (C=O) groups excluding carboxylic acids is 1. The Kier molecular flexibility index (Phi) is 7.86. The quantitative estimate of drug-likeness (QED) is 0.744. The van der Waals surface area contributed by atoms with E-state index in [1.165, 1.54) is 0 Å². The van der Waals surface area contributed by atoms with E-state index in [9.17, 15) is 4.79 Å². The highest BCUT2D eigenvalue weighted by Gasteiger charge is 2.08. The smallest absolute Gasteiger partial charge is 0.246 e. The standard InChI is InChI=1S/C15H23NO3/c1-3-14(19-4-2)10-16-15(17)12-18-11-13-8-6-5-7-9-13/h5-9,14H,3-4,10-12H2,1-2H3,(H,16,17). The van der Waals surface area contributed by atoms with Crippen molar-refractivity contribution >= 4 is 5.91 Å². The molecule has 0 heterocycles.